The lowest BCUT2D eigenvalue weighted by atomic mass is 10.3. The highest BCUT2D eigenvalue weighted by Gasteiger charge is 2.23. The first-order chi connectivity index (χ1) is 17.8. The molecule has 0 bridgehead atoms. The second-order valence-corrected chi connectivity index (χ2v) is 9.04. The van der Waals surface area contributed by atoms with E-state index in [-0.39, 0.29) is 0 Å². The summed E-state index contributed by atoms with van der Waals surface area (Å²) in [6, 6.07) is 16.3. The summed E-state index contributed by atoms with van der Waals surface area (Å²) in [7, 11) is 0. The first-order valence-electron chi connectivity index (χ1n) is 12.6. The number of piperazine rings is 1. The topological polar surface area (TPSA) is 87.5 Å². The third-order valence-corrected chi connectivity index (χ3v) is 6.78. The summed E-state index contributed by atoms with van der Waals surface area (Å²) in [5, 5.41) is 3.56. The van der Waals surface area contributed by atoms with Crippen molar-refractivity contribution in [1.82, 2.24) is 29.4 Å². The third-order valence-electron chi connectivity index (χ3n) is 6.78. The van der Waals surface area contributed by atoms with Gasteiger partial charge in [-0.1, -0.05) is 24.3 Å². The van der Waals surface area contributed by atoms with E-state index in [2.05, 4.69) is 43.2 Å². The predicted molar refractivity (Wildman–Crippen MR) is 141 cm³/mol. The normalized spacial score (nSPS) is 17.0. The number of imidazole rings is 1. The van der Waals surface area contributed by atoms with Gasteiger partial charge in [-0.15, -0.1) is 0 Å². The quantitative estimate of drug-likeness (QED) is 0.424. The van der Waals surface area contributed by atoms with Crippen molar-refractivity contribution in [3.8, 4) is 5.69 Å². The minimum Gasteiger partial charge on any atom is -0.379 e. The molecule has 0 radical (unpaired) electrons. The molecule has 0 saturated carbocycles. The lowest BCUT2D eigenvalue weighted by Gasteiger charge is -2.35. The van der Waals surface area contributed by atoms with Crippen molar-refractivity contribution in [3.63, 3.8) is 0 Å². The number of hydrogen-bond donors (Lipinski definition) is 1. The molecular weight excluding hydrogens is 454 g/mol. The molecular formula is C26H31N9O. The summed E-state index contributed by atoms with van der Waals surface area (Å²) in [5.74, 6) is 2.53. The van der Waals surface area contributed by atoms with Crippen LogP contribution in [0.5, 0.6) is 0 Å². The number of hydrogen-bond acceptors (Lipinski definition) is 9. The first kappa shape index (κ1) is 22.7. The molecule has 4 aromatic rings. The number of morpholine rings is 1. The zero-order valence-corrected chi connectivity index (χ0v) is 20.3. The molecule has 2 aliphatic rings. The standard InChI is InChI=1S/C26H31N9O/c1-2-6-21(7-3-1)35-20-29-23-24(28-10-11-32-16-18-36-19-17-32)30-26(31-25(23)35)34-14-12-33(13-15-34)22-8-4-5-9-27-22/h1-9,20H,10-19H2,(H,28,30,31). The maximum absolute atomic E-state index is 5.48. The van der Waals surface area contributed by atoms with E-state index < -0.39 is 0 Å². The van der Waals surface area contributed by atoms with Crippen molar-refractivity contribution < 1.29 is 4.74 Å². The second-order valence-electron chi connectivity index (χ2n) is 9.04. The molecule has 2 aliphatic heterocycles. The summed E-state index contributed by atoms with van der Waals surface area (Å²) < 4.78 is 7.52. The van der Waals surface area contributed by atoms with Gasteiger partial charge in [-0.05, 0) is 24.3 Å². The smallest absolute Gasteiger partial charge is 0.229 e. The number of rotatable bonds is 7. The Labute approximate surface area is 210 Å². The van der Waals surface area contributed by atoms with Crippen molar-refractivity contribution in [2.45, 2.75) is 0 Å². The molecule has 6 rings (SSSR count). The van der Waals surface area contributed by atoms with Gasteiger partial charge < -0.3 is 19.9 Å². The van der Waals surface area contributed by atoms with Crippen molar-refractivity contribution in [1.29, 1.82) is 0 Å². The van der Waals surface area contributed by atoms with Gasteiger partial charge in [0, 0.05) is 64.2 Å². The maximum atomic E-state index is 5.48. The number of anilines is 3. The summed E-state index contributed by atoms with van der Waals surface area (Å²) >= 11 is 0. The molecule has 2 saturated heterocycles. The SMILES string of the molecule is c1ccc(-n2cnc3c(NCCN4CCOCC4)nc(N4CCN(c5ccccn5)CC4)nc32)cc1. The van der Waals surface area contributed by atoms with E-state index in [9.17, 15) is 0 Å². The van der Waals surface area contributed by atoms with Crippen LogP contribution in [0.3, 0.4) is 0 Å². The largest absolute Gasteiger partial charge is 0.379 e. The summed E-state index contributed by atoms with van der Waals surface area (Å²) in [5.41, 5.74) is 2.63. The monoisotopic (exact) mass is 485 g/mol. The van der Waals surface area contributed by atoms with Crippen LogP contribution in [0, 0.1) is 0 Å². The third kappa shape index (κ3) is 4.82. The van der Waals surface area contributed by atoms with E-state index in [0.29, 0.717) is 0 Å². The van der Waals surface area contributed by atoms with Gasteiger partial charge in [-0.3, -0.25) is 9.47 Å². The maximum Gasteiger partial charge on any atom is 0.229 e. The van der Waals surface area contributed by atoms with Gasteiger partial charge >= 0.3 is 0 Å². The highest BCUT2D eigenvalue weighted by atomic mass is 16.5. The van der Waals surface area contributed by atoms with E-state index in [4.69, 9.17) is 19.7 Å². The Morgan fingerprint density at radius 3 is 2.36 bits per heavy atom. The number of nitrogens with one attached hydrogen (secondary N) is 1. The number of aromatic nitrogens is 5. The fourth-order valence-corrected chi connectivity index (χ4v) is 4.76. The number of pyridine rings is 1. The summed E-state index contributed by atoms with van der Waals surface area (Å²) in [6.45, 7) is 8.66. The van der Waals surface area contributed by atoms with Gasteiger partial charge in [0.25, 0.3) is 0 Å². The van der Waals surface area contributed by atoms with E-state index in [1.165, 1.54) is 0 Å². The Bertz CT molecular complexity index is 1270. The molecule has 1 N–H and O–H groups in total. The van der Waals surface area contributed by atoms with E-state index in [0.717, 1.165) is 100 Å². The van der Waals surface area contributed by atoms with Gasteiger partial charge in [0.15, 0.2) is 17.0 Å². The molecule has 3 aromatic heterocycles. The Morgan fingerprint density at radius 1 is 0.806 bits per heavy atom. The van der Waals surface area contributed by atoms with Crippen molar-refractivity contribution >= 4 is 28.7 Å². The average Bonchev–Trinajstić information content (AvgIpc) is 3.39. The minimum atomic E-state index is 0.731. The number of fused-ring (bicyclic) bond motifs is 1. The van der Waals surface area contributed by atoms with Gasteiger partial charge in [-0.25, -0.2) is 9.97 Å². The van der Waals surface area contributed by atoms with Crippen LogP contribution in [0.25, 0.3) is 16.9 Å². The Hall–Kier alpha value is -3.76. The highest BCUT2D eigenvalue weighted by molar-refractivity contribution is 5.85. The lowest BCUT2D eigenvalue weighted by molar-refractivity contribution is 0.0398. The van der Waals surface area contributed by atoms with Crippen molar-refractivity contribution in [3.05, 3.63) is 61.1 Å². The Morgan fingerprint density at radius 2 is 1.58 bits per heavy atom. The predicted octanol–water partition coefficient (Wildman–Crippen LogP) is 2.28. The number of benzene rings is 1. The van der Waals surface area contributed by atoms with Crippen LogP contribution >= 0.6 is 0 Å². The summed E-state index contributed by atoms with van der Waals surface area (Å²) in [6.07, 6.45) is 3.68. The van der Waals surface area contributed by atoms with Crippen LogP contribution in [-0.4, -0.2) is 95.0 Å². The summed E-state index contributed by atoms with van der Waals surface area (Å²) in [4.78, 5) is 26.2. The zero-order chi connectivity index (χ0) is 24.2. The molecule has 0 amide bonds. The highest BCUT2D eigenvalue weighted by Crippen LogP contribution is 2.26. The van der Waals surface area contributed by atoms with Gasteiger partial charge in [0.05, 0.1) is 13.2 Å². The number of nitrogens with zero attached hydrogens (tertiary/aromatic N) is 8. The fraction of sp³-hybridized carbons (Fsp3) is 0.385. The van der Waals surface area contributed by atoms with Crippen LogP contribution in [0.2, 0.25) is 0 Å². The average molecular weight is 486 g/mol. The van der Waals surface area contributed by atoms with Crippen LogP contribution in [0.15, 0.2) is 61.1 Å². The lowest BCUT2D eigenvalue weighted by Crippen LogP contribution is -2.47. The van der Waals surface area contributed by atoms with Gasteiger partial charge in [-0.2, -0.15) is 9.97 Å². The molecule has 0 atom stereocenters. The van der Waals surface area contributed by atoms with E-state index >= 15 is 0 Å². The van der Waals surface area contributed by atoms with Crippen molar-refractivity contribution in [2.75, 3.05) is 80.7 Å². The van der Waals surface area contributed by atoms with Gasteiger partial charge in [0.2, 0.25) is 5.95 Å². The molecule has 0 spiro atoms. The van der Waals surface area contributed by atoms with Crippen LogP contribution < -0.4 is 15.1 Å². The Kier molecular flexibility index (Phi) is 6.60. The van der Waals surface area contributed by atoms with E-state index in [1.807, 2.05) is 47.4 Å². The molecule has 5 heterocycles. The number of ether oxygens (including phenoxy) is 1. The first-order valence-corrected chi connectivity index (χ1v) is 12.6. The molecule has 0 unspecified atom stereocenters. The molecule has 10 nitrogen and oxygen atoms in total. The molecule has 186 valence electrons. The molecule has 1 aromatic carbocycles. The molecule has 0 aliphatic carbocycles. The number of para-hydroxylation sites is 1. The van der Waals surface area contributed by atoms with Crippen LogP contribution in [0.4, 0.5) is 17.6 Å². The van der Waals surface area contributed by atoms with Crippen molar-refractivity contribution in [2.24, 2.45) is 0 Å². The zero-order valence-electron chi connectivity index (χ0n) is 20.3. The Balaban J connectivity index is 1.26. The molecule has 10 heteroatoms. The molecule has 36 heavy (non-hydrogen) atoms. The van der Waals surface area contributed by atoms with Crippen LogP contribution in [0.1, 0.15) is 0 Å². The van der Waals surface area contributed by atoms with E-state index in [1.54, 1.807) is 0 Å². The minimum absolute atomic E-state index is 0.731. The second kappa shape index (κ2) is 10.5. The molecule has 2 fully saturated rings. The van der Waals surface area contributed by atoms with Gasteiger partial charge in [0.1, 0.15) is 12.1 Å². The van der Waals surface area contributed by atoms with Crippen LogP contribution in [-0.2, 0) is 4.74 Å². The fourth-order valence-electron chi connectivity index (χ4n) is 4.76.